The number of amides is 1. The second-order valence-electron chi connectivity index (χ2n) is 9.48. The number of benzene rings is 1. The number of ether oxygens (including phenoxy) is 2. The zero-order valence-electron chi connectivity index (χ0n) is 19.6. The number of nitrogens with one attached hydrogen (secondary N) is 1. The van der Waals surface area contributed by atoms with Crippen molar-refractivity contribution in [1.82, 2.24) is 15.3 Å². The number of anilines is 1. The second-order valence-corrected chi connectivity index (χ2v) is 10.6. The maximum atomic E-state index is 12.6. The Bertz CT molecular complexity index is 1030. The van der Waals surface area contributed by atoms with Gasteiger partial charge in [0.05, 0.1) is 18.8 Å². The number of rotatable bonds is 6. The number of nitrogens with zero attached hydrogens (tertiary/aromatic N) is 3. The third-order valence-corrected chi connectivity index (χ3v) is 6.76. The third kappa shape index (κ3) is 5.55. The number of hydrogen-bond acceptors (Lipinski definition) is 8. The van der Waals surface area contributed by atoms with Crippen LogP contribution in [0.15, 0.2) is 41.7 Å². The Kier molecular flexibility index (Phi) is 6.88. The molecule has 10 heteroatoms. The van der Waals surface area contributed by atoms with Gasteiger partial charge in [0.25, 0.3) is 0 Å². The molecule has 0 unspecified atom stereocenters. The quantitative estimate of drug-likeness (QED) is 0.584. The average molecular weight is 487 g/mol. The summed E-state index contributed by atoms with van der Waals surface area (Å²) in [5.74, 6) is 1.19. The smallest absolute Gasteiger partial charge is 0.408 e. The maximum Gasteiger partial charge on any atom is 0.408 e. The number of piperidine rings is 1. The predicted octanol–water partition coefficient (Wildman–Crippen LogP) is 4.04. The highest BCUT2D eigenvalue weighted by molar-refractivity contribution is 7.99. The van der Waals surface area contributed by atoms with Crippen LogP contribution in [-0.2, 0) is 9.53 Å². The van der Waals surface area contributed by atoms with Gasteiger partial charge in [-0.3, -0.25) is 4.79 Å². The lowest BCUT2D eigenvalue weighted by molar-refractivity contribution is -0.136. The summed E-state index contributed by atoms with van der Waals surface area (Å²) >= 11 is 1.38. The Morgan fingerprint density at radius 1 is 1.24 bits per heavy atom. The van der Waals surface area contributed by atoms with Crippen LogP contribution in [0.2, 0.25) is 0 Å². The Labute approximate surface area is 203 Å². The minimum absolute atomic E-state index is 0.0865. The second kappa shape index (κ2) is 9.69. The summed E-state index contributed by atoms with van der Waals surface area (Å²) in [6.45, 7) is 6.92. The van der Waals surface area contributed by atoms with Crippen LogP contribution in [0.4, 0.5) is 10.6 Å². The van der Waals surface area contributed by atoms with E-state index in [2.05, 4.69) is 20.2 Å². The van der Waals surface area contributed by atoms with Gasteiger partial charge < -0.3 is 24.8 Å². The van der Waals surface area contributed by atoms with Crippen LogP contribution in [-0.4, -0.2) is 57.2 Å². The van der Waals surface area contributed by atoms with E-state index in [4.69, 9.17) is 14.6 Å². The Morgan fingerprint density at radius 3 is 2.62 bits per heavy atom. The van der Waals surface area contributed by atoms with E-state index in [1.54, 1.807) is 12.4 Å². The summed E-state index contributed by atoms with van der Waals surface area (Å²) in [7, 11) is 0. The first kappa shape index (κ1) is 24.1. The van der Waals surface area contributed by atoms with E-state index in [0.717, 1.165) is 17.1 Å². The molecule has 4 rings (SSSR count). The summed E-state index contributed by atoms with van der Waals surface area (Å²) in [6.07, 6.45) is 4.42. The topological polar surface area (TPSA) is 114 Å². The largest absolute Gasteiger partial charge is 0.484 e. The van der Waals surface area contributed by atoms with Crippen molar-refractivity contribution in [3.63, 3.8) is 0 Å². The normalized spacial score (nSPS) is 18.8. The molecule has 2 N–H and O–H groups in total. The summed E-state index contributed by atoms with van der Waals surface area (Å²) in [4.78, 5) is 34.4. The zero-order valence-corrected chi connectivity index (χ0v) is 20.4. The standard InChI is InChI=1S/C24H30N4O5S/c1-23(2,3)33-22(31)27-21-16-6-4-5-7-17(16)32-24(21)9-11-28(12-10-24)18-14-26-19(15-25-18)34-13-8-20(29)30/h4-7,14-15,21H,8-13H2,1-3H3,(H,27,31)(H,29,30)/t21-/m1/s1. The molecule has 1 amide bonds. The molecule has 1 spiro atoms. The van der Waals surface area contributed by atoms with Gasteiger partial charge in [0.2, 0.25) is 0 Å². The summed E-state index contributed by atoms with van der Waals surface area (Å²) < 4.78 is 12.0. The Balaban J connectivity index is 1.43. The lowest BCUT2D eigenvalue weighted by Crippen LogP contribution is -2.54. The van der Waals surface area contributed by atoms with Gasteiger partial charge in [0.1, 0.15) is 33.8 Å². The molecule has 182 valence electrons. The van der Waals surface area contributed by atoms with Crippen molar-refractivity contribution in [2.75, 3.05) is 23.7 Å². The van der Waals surface area contributed by atoms with Crippen molar-refractivity contribution in [2.24, 2.45) is 0 Å². The molecule has 2 aromatic rings. The predicted molar refractivity (Wildman–Crippen MR) is 128 cm³/mol. The van der Waals surface area contributed by atoms with Gasteiger partial charge in [0.15, 0.2) is 0 Å². The first-order valence-electron chi connectivity index (χ1n) is 11.3. The number of carboxylic acids is 1. The van der Waals surface area contributed by atoms with Gasteiger partial charge in [-0.05, 0) is 26.8 Å². The lowest BCUT2D eigenvalue weighted by Gasteiger charge is -2.42. The first-order chi connectivity index (χ1) is 16.2. The van der Waals surface area contributed by atoms with Crippen LogP contribution in [0, 0.1) is 0 Å². The highest BCUT2D eigenvalue weighted by Gasteiger charge is 2.51. The van der Waals surface area contributed by atoms with Gasteiger partial charge in [-0.1, -0.05) is 18.2 Å². The zero-order chi connectivity index (χ0) is 24.3. The minimum Gasteiger partial charge on any atom is -0.484 e. The van der Waals surface area contributed by atoms with Crippen molar-refractivity contribution in [3.05, 3.63) is 42.2 Å². The molecule has 1 fully saturated rings. The monoisotopic (exact) mass is 486 g/mol. The molecule has 0 saturated carbocycles. The molecule has 1 aromatic carbocycles. The minimum atomic E-state index is -0.824. The molecule has 0 aliphatic carbocycles. The number of hydrogen-bond donors (Lipinski definition) is 2. The molecule has 0 bridgehead atoms. The van der Waals surface area contributed by atoms with Crippen molar-refractivity contribution in [3.8, 4) is 5.75 Å². The van der Waals surface area contributed by atoms with Crippen molar-refractivity contribution >= 4 is 29.6 Å². The van der Waals surface area contributed by atoms with Gasteiger partial charge in [0, 0.05) is 37.2 Å². The number of carbonyl (C=O) groups is 2. The number of thioether (sulfide) groups is 1. The van der Waals surface area contributed by atoms with Crippen LogP contribution in [0.1, 0.15) is 51.6 Å². The van der Waals surface area contributed by atoms with Gasteiger partial charge in [-0.15, -0.1) is 11.8 Å². The number of aromatic nitrogens is 2. The van der Waals surface area contributed by atoms with E-state index in [9.17, 15) is 9.59 Å². The average Bonchev–Trinajstić information content (AvgIpc) is 3.06. The van der Waals surface area contributed by atoms with Crippen molar-refractivity contribution in [2.45, 2.75) is 62.3 Å². The van der Waals surface area contributed by atoms with Crippen LogP contribution in [0.25, 0.3) is 0 Å². The van der Waals surface area contributed by atoms with E-state index in [0.29, 0.717) is 36.7 Å². The molecular formula is C24H30N4O5S. The highest BCUT2D eigenvalue weighted by atomic mass is 32.2. The fourth-order valence-corrected chi connectivity index (χ4v) is 5.04. The van der Waals surface area contributed by atoms with Crippen LogP contribution >= 0.6 is 11.8 Å². The maximum absolute atomic E-state index is 12.6. The number of carbonyl (C=O) groups excluding carboxylic acids is 1. The van der Waals surface area contributed by atoms with E-state index in [-0.39, 0.29) is 12.5 Å². The summed E-state index contributed by atoms with van der Waals surface area (Å²) in [5, 5.41) is 12.5. The Hall–Kier alpha value is -3.01. The van der Waals surface area contributed by atoms with Crippen LogP contribution < -0.4 is 15.0 Å². The fraction of sp³-hybridized carbons (Fsp3) is 0.500. The molecule has 1 aromatic heterocycles. The van der Waals surface area contributed by atoms with Crippen molar-refractivity contribution in [1.29, 1.82) is 0 Å². The SMILES string of the molecule is CC(C)(C)OC(=O)N[C@@H]1c2ccccc2OC12CCN(c1cnc(SCCC(=O)O)cn1)CC2. The molecule has 1 saturated heterocycles. The van der Waals surface area contributed by atoms with Crippen molar-refractivity contribution < 1.29 is 24.2 Å². The van der Waals surface area contributed by atoms with E-state index in [1.807, 2.05) is 45.0 Å². The number of aliphatic carboxylic acids is 1. The molecule has 34 heavy (non-hydrogen) atoms. The molecule has 2 aliphatic rings. The van der Waals surface area contributed by atoms with Gasteiger partial charge in [-0.25, -0.2) is 14.8 Å². The lowest BCUT2D eigenvalue weighted by atomic mass is 9.82. The summed E-state index contributed by atoms with van der Waals surface area (Å²) in [5.41, 5.74) is -0.183. The molecule has 1 atom stereocenters. The van der Waals surface area contributed by atoms with E-state index >= 15 is 0 Å². The van der Waals surface area contributed by atoms with E-state index < -0.39 is 23.3 Å². The van der Waals surface area contributed by atoms with Crippen LogP contribution in [0.3, 0.4) is 0 Å². The molecular weight excluding hydrogens is 456 g/mol. The fourth-order valence-electron chi connectivity index (χ4n) is 4.30. The summed E-state index contributed by atoms with van der Waals surface area (Å²) in [6, 6.07) is 7.51. The number of carboxylic acid groups (broad SMARTS) is 1. The molecule has 0 radical (unpaired) electrons. The van der Waals surface area contributed by atoms with Gasteiger partial charge in [-0.2, -0.15) is 0 Å². The van der Waals surface area contributed by atoms with Crippen LogP contribution in [0.5, 0.6) is 5.75 Å². The first-order valence-corrected chi connectivity index (χ1v) is 12.3. The highest BCUT2D eigenvalue weighted by Crippen LogP contribution is 2.48. The van der Waals surface area contributed by atoms with E-state index in [1.165, 1.54) is 11.8 Å². The Morgan fingerprint density at radius 2 is 1.97 bits per heavy atom. The molecule has 2 aliphatic heterocycles. The number of alkyl carbamates (subject to hydrolysis) is 1. The number of para-hydroxylation sites is 1. The molecule has 3 heterocycles. The number of fused-ring (bicyclic) bond motifs is 1. The third-order valence-electron chi connectivity index (χ3n) is 5.84. The van der Waals surface area contributed by atoms with Gasteiger partial charge >= 0.3 is 12.1 Å². The molecule has 9 nitrogen and oxygen atoms in total.